The SMILES string of the molecule is COC(=O)CC[C@H](NC(=O)NCc1ccccn1)C(=O)O. The van der Waals surface area contributed by atoms with E-state index < -0.39 is 24.0 Å². The predicted octanol–water partition coefficient (Wildman–Crippen LogP) is 0.287. The van der Waals surface area contributed by atoms with Crippen LogP contribution in [0.5, 0.6) is 0 Å². The number of amides is 2. The lowest BCUT2D eigenvalue weighted by molar-refractivity contribution is -0.142. The Hall–Kier alpha value is -2.64. The molecule has 8 heteroatoms. The largest absolute Gasteiger partial charge is 0.480 e. The lowest BCUT2D eigenvalue weighted by Crippen LogP contribution is -2.46. The van der Waals surface area contributed by atoms with Crippen molar-refractivity contribution in [3.8, 4) is 0 Å². The van der Waals surface area contributed by atoms with Crippen molar-refractivity contribution in [2.75, 3.05) is 7.11 Å². The van der Waals surface area contributed by atoms with Crippen LogP contribution in [0, 0.1) is 0 Å². The number of carbonyl (C=O) groups excluding carboxylic acids is 2. The molecule has 0 aliphatic rings. The van der Waals surface area contributed by atoms with Crippen molar-refractivity contribution in [2.24, 2.45) is 0 Å². The number of methoxy groups -OCH3 is 1. The van der Waals surface area contributed by atoms with Gasteiger partial charge in [-0.15, -0.1) is 0 Å². The molecular weight excluding hydrogens is 278 g/mol. The Bertz CT molecular complexity index is 492. The minimum atomic E-state index is -1.22. The summed E-state index contributed by atoms with van der Waals surface area (Å²) in [5.41, 5.74) is 0.647. The van der Waals surface area contributed by atoms with E-state index in [2.05, 4.69) is 20.4 Å². The van der Waals surface area contributed by atoms with Crippen LogP contribution in [0.1, 0.15) is 18.5 Å². The standard InChI is InChI=1S/C13H17N3O5/c1-21-11(17)6-5-10(12(18)19)16-13(20)15-8-9-4-2-3-7-14-9/h2-4,7,10H,5-6,8H2,1H3,(H,18,19)(H2,15,16,20)/t10-/m0/s1. The van der Waals surface area contributed by atoms with E-state index in [4.69, 9.17) is 5.11 Å². The summed E-state index contributed by atoms with van der Waals surface area (Å²) in [5.74, 6) is -1.75. The monoisotopic (exact) mass is 295 g/mol. The number of nitrogens with zero attached hydrogens (tertiary/aromatic N) is 1. The summed E-state index contributed by atoms with van der Waals surface area (Å²) < 4.78 is 4.42. The van der Waals surface area contributed by atoms with E-state index in [9.17, 15) is 14.4 Å². The van der Waals surface area contributed by atoms with Crippen molar-refractivity contribution in [3.05, 3.63) is 30.1 Å². The maximum Gasteiger partial charge on any atom is 0.326 e. The van der Waals surface area contributed by atoms with Crippen LogP contribution in [0.15, 0.2) is 24.4 Å². The molecule has 1 aromatic rings. The second-order valence-electron chi connectivity index (χ2n) is 4.15. The number of hydrogen-bond acceptors (Lipinski definition) is 5. The highest BCUT2D eigenvalue weighted by atomic mass is 16.5. The minimum absolute atomic E-state index is 0.0426. The van der Waals surface area contributed by atoms with Crippen LogP contribution >= 0.6 is 0 Å². The number of rotatable bonds is 7. The number of carboxylic acids is 1. The summed E-state index contributed by atoms with van der Waals surface area (Å²) in [4.78, 5) is 37.6. The fraction of sp³-hybridized carbons (Fsp3) is 0.385. The summed E-state index contributed by atoms with van der Waals surface area (Å²) in [6.45, 7) is 0.177. The number of esters is 1. The molecule has 3 N–H and O–H groups in total. The Balaban J connectivity index is 2.41. The van der Waals surface area contributed by atoms with Gasteiger partial charge in [0, 0.05) is 12.6 Å². The van der Waals surface area contributed by atoms with Gasteiger partial charge in [0.2, 0.25) is 0 Å². The molecule has 1 heterocycles. The average molecular weight is 295 g/mol. The molecule has 0 saturated carbocycles. The van der Waals surface area contributed by atoms with Crippen molar-refractivity contribution in [1.29, 1.82) is 0 Å². The van der Waals surface area contributed by atoms with Crippen molar-refractivity contribution < 1.29 is 24.2 Å². The molecule has 0 aliphatic heterocycles. The maximum atomic E-state index is 11.6. The van der Waals surface area contributed by atoms with Crippen LogP contribution in [-0.4, -0.2) is 41.2 Å². The summed E-state index contributed by atoms with van der Waals surface area (Å²) >= 11 is 0. The van der Waals surface area contributed by atoms with Crippen LogP contribution in [0.3, 0.4) is 0 Å². The molecule has 21 heavy (non-hydrogen) atoms. The first-order valence-corrected chi connectivity index (χ1v) is 6.27. The van der Waals surface area contributed by atoms with Gasteiger partial charge in [0.25, 0.3) is 0 Å². The zero-order chi connectivity index (χ0) is 15.7. The lowest BCUT2D eigenvalue weighted by Gasteiger charge is -2.14. The Morgan fingerprint density at radius 2 is 2.14 bits per heavy atom. The molecule has 0 radical (unpaired) electrons. The van der Waals surface area contributed by atoms with E-state index in [-0.39, 0.29) is 19.4 Å². The van der Waals surface area contributed by atoms with E-state index in [1.807, 2.05) is 0 Å². The molecular formula is C13H17N3O5. The number of aromatic nitrogens is 1. The topological polar surface area (TPSA) is 118 Å². The average Bonchev–Trinajstić information content (AvgIpc) is 2.49. The molecule has 2 amide bonds. The molecule has 1 aromatic heterocycles. The molecule has 0 aromatic carbocycles. The summed E-state index contributed by atoms with van der Waals surface area (Å²) in [6, 6.07) is 3.45. The van der Waals surface area contributed by atoms with Gasteiger partial charge in [-0.3, -0.25) is 9.78 Å². The van der Waals surface area contributed by atoms with Gasteiger partial charge in [-0.05, 0) is 18.6 Å². The number of urea groups is 1. The first kappa shape index (κ1) is 16.4. The summed E-state index contributed by atoms with van der Waals surface area (Å²) in [7, 11) is 1.21. The molecule has 0 bridgehead atoms. The Morgan fingerprint density at radius 1 is 1.38 bits per heavy atom. The van der Waals surface area contributed by atoms with E-state index in [0.29, 0.717) is 5.69 Å². The maximum absolute atomic E-state index is 11.6. The van der Waals surface area contributed by atoms with E-state index in [1.54, 1.807) is 24.4 Å². The fourth-order valence-corrected chi connectivity index (χ4v) is 1.50. The van der Waals surface area contributed by atoms with Crippen molar-refractivity contribution in [3.63, 3.8) is 0 Å². The Morgan fingerprint density at radius 3 is 2.71 bits per heavy atom. The van der Waals surface area contributed by atoms with Gasteiger partial charge in [-0.2, -0.15) is 0 Å². The third-order valence-corrected chi connectivity index (χ3v) is 2.62. The zero-order valence-electron chi connectivity index (χ0n) is 11.5. The van der Waals surface area contributed by atoms with E-state index >= 15 is 0 Å². The van der Waals surface area contributed by atoms with E-state index in [0.717, 1.165) is 0 Å². The smallest absolute Gasteiger partial charge is 0.326 e. The first-order chi connectivity index (χ1) is 10.0. The highest BCUT2D eigenvalue weighted by Gasteiger charge is 2.21. The lowest BCUT2D eigenvalue weighted by atomic mass is 10.1. The molecule has 114 valence electrons. The van der Waals surface area contributed by atoms with Gasteiger partial charge in [0.05, 0.1) is 19.3 Å². The van der Waals surface area contributed by atoms with E-state index in [1.165, 1.54) is 7.11 Å². The predicted molar refractivity (Wildman–Crippen MR) is 72.3 cm³/mol. The number of carboxylic acid groups (broad SMARTS) is 1. The highest BCUT2D eigenvalue weighted by molar-refractivity contribution is 5.83. The number of carbonyl (C=O) groups is 3. The molecule has 1 rings (SSSR count). The number of hydrogen-bond donors (Lipinski definition) is 3. The van der Waals surface area contributed by atoms with Gasteiger partial charge in [-0.1, -0.05) is 6.07 Å². The van der Waals surface area contributed by atoms with Crippen LogP contribution in [0.4, 0.5) is 4.79 Å². The van der Waals surface area contributed by atoms with Crippen LogP contribution in [0.2, 0.25) is 0 Å². The number of pyridine rings is 1. The molecule has 1 atom stereocenters. The highest BCUT2D eigenvalue weighted by Crippen LogP contribution is 2.00. The van der Waals surface area contributed by atoms with Crippen molar-refractivity contribution in [1.82, 2.24) is 15.6 Å². The quantitative estimate of drug-likeness (QED) is 0.622. The van der Waals surface area contributed by atoms with Crippen LogP contribution < -0.4 is 10.6 Å². The summed E-state index contributed by atoms with van der Waals surface area (Å²) in [6.07, 6.45) is 1.46. The van der Waals surface area contributed by atoms with Crippen molar-refractivity contribution >= 4 is 18.0 Å². The zero-order valence-corrected chi connectivity index (χ0v) is 11.5. The number of ether oxygens (including phenoxy) is 1. The Labute approximate surface area is 121 Å². The molecule has 8 nitrogen and oxygen atoms in total. The van der Waals surface area contributed by atoms with Crippen molar-refractivity contribution in [2.45, 2.75) is 25.4 Å². The molecule has 0 spiro atoms. The third-order valence-electron chi connectivity index (χ3n) is 2.62. The first-order valence-electron chi connectivity index (χ1n) is 6.27. The van der Waals surface area contributed by atoms with Gasteiger partial charge in [0.15, 0.2) is 0 Å². The van der Waals surface area contributed by atoms with Gasteiger partial charge < -0.3 is 20.5 Å². The second-order valence-corrected chi connectivity index (χ2v) is 4.15. The second kappa shape index (κ2) is 8.51. The molecule has 0 aliphatic carbocycles. The van der Waals surface area contributed by atoms with Crippen LogP contribution in [-0.2, 0) is 20.9 Å². The van der Waals surface area contributed by atoms with Gasteiger partial charge >= 0.3 is 18.0 Å². The van der Waals surface area contributed by atoms with Crippen LogP contribution in [0.25, 0.3) is 0 Å². The fourth-order valence-electron chi connectivity index (χ4n) is 1.50. The number of aliphatic carboxylic acids is 1. The van der Waals surface area contributed by atoms with Gasteiger partial charge in [-0.25, -0.2) is 9.59 Å². The molecule has 0 fully saturated rings. The third kappa shape index (κ3) is 6.37. The minimum Gasteiger partial charge on any atom is -0.480 e. The van der Waals surface area contributed by atoms with Gasteiger partial charge in [0.1, 0.15) is 6.04 Å². The normalized spacial score (nSPS) is 11.3. The molecule has 0 saturated heterocycles. The number of nitrogens with one attached hydrogen (secondary N) is 2. The summed E-state index contributed by atoms with van der Waals surface area (Å²) in [5, 5.41) is 13.8. The Kier molecular flexibility index (Phi) is 6.66. The molecule has 0 unspecified atom stereocenters.